The lowest BCUT2D eigenvalue weighted by molar-refractivity contribution is 0.169. The summed E-state index contributed by atoms with van der Waals surface area (Å²) in [6.45, 7) is 1.09. The molecule has 0 fully saturated rings. The normalized spacial score (nSPS) is 14.9. The maximum absolute atomic E-state index is 13.4. The van der Waals surface area contributed by atoms with E-state index in [2.05, 4.69) is 5.32 Å². The van der Waals surface area contributed by atoms with Gasteiger partial charge in [-0.25, -0.2) is 4.39 Å². The zero-order chi connectivity index (χ0) is 13.9. The van der Waals surface area contributed by atoms with Crippen LogP contribution in [0.4, 0.5) is 4.39 Å². The standard InChI is InChI=1S/C16H16FNO2/c1-18-15(11-4-2-5-12(17)10-11)13-6-3-7-14-16(13)20-9-8-19-14/h2-7,10,15,18H,8-9H2,1H3. The summed E-state index contributed by atoms with van der Waals surface area (Å²) in [5.41, 5.74) is 1.81. The Kier molecular flexibility index (Phi) is 3.56. The van der Waals surface area contributed by atoms with Gasteiger partial charge in [0.1, 0.15) is 19.0 Å². The molecular formula is C16H16FNO2. The van der Waals surface area contributed by atoms with Gasteiger partial charge in [0.2, 0.25) is 0 Å². The van der Waals surface area contributed by atoms with Gasteiger partial charge in [0.25, 0.3) is 0 Å². The maximum Gasteiger partial charge on any atom is 0.166 e. The van der Waals surface area contributed by atoms with Crippen LogP contribution in [-0.4, -0.2) is 20.3 Å². The number of nitrogens with one attached hydrogen (secondary N) is 1. The lowest BCUT2D eigenvalue weighted by Gasteiger charge is -2.25. The minimum Gasteiger partial charge on any atom is -0.486 e. The largest absolute Gasteiger partial charge is 0.486 e. The molecule has 1 atom stereocenters. The molecule has 2 aromatic carbocycles. The first-order chi connectivity index (χ1) is 9.79. The molecule has 1 aliphatic heterocycles. The molecule has 104 valence electrons. The van der Waals surface area contributed by atoms with Crippen molar-refractivity contribution in [2.24, 2.45) is 0 Å². The van der Waals surface area contributed by atoms with Crippen LogP contribution in [0.5, 0.6) is 11.5 Å². The number of hydrogen-bond donors (Lipinski definition) is 1. The quantitative estimate of drug-likeness (QED) is 0.932. The second-order valence-electron chi connectivity index (χ2n) is 4.65. The third kappa shape index (κ3) is 2.34. The van der Waals surface area contributed by atoms with E-state index < -0.39 is 0 Å². The number of fused-ring (bicyclic) bond motifs is 1. The van der Waals surface area contributed by atoms with Gasteiger partial charge in [0.15, 0.2) is 11.5 Å². The summed E-state index contributed by atoms with van der Waals surface area (Å²) in [6, 6.07) is 12.2. The van der Waals surface area contributed by atoms with Gasteiger partial charge >= 0.3 is 0 Å². The number of rotatable bonds is 3. The van der Waals surface area contributed by atoms with Crippen molar-refractivity contribution in [3.8, 4) is 11.5 Å². The van der Waals surface area contributed by atoms with E-state index in [0.717, 1.165) is 22.6 Å². The third-order valence-corrected chi connectivity index (χ3v) is 3.38. The molecule has 0 saturated carbocycles. The van der Waals surface area contributed by atoms with E-state index in [9.17, 15) is 4.39 Å². The van der Waals surface area contributed by atoms with Gasteiger partial charge in [-0.1, -0.05) is 24.3 Å². The SMILES string of the molecule is CNC(c1cccc(F)c1)c1cccc2c1OCCO2. The molecule has 0 spiro atoms. The van der Waals surface area contributed by atoms with Crippen LogP contribution in [0.1, 0.15) is 17.2 Å². The van der Waals surface area contributed by atoms with Crippen molar-refractivity contribution in [2.75, 3.05) is 20.3 Å². The fourth-order valence-electron chi connectivity index (χ4n) is 2.51. The minimum absolute atomic E-state index is 0.137. The molecule has 20 heavy (non-hydrogen) atoms. The summed E-state index contributed by atoms with van der Waals surface area (Å²) >= 11 is 0. The molecule has 3 nitrogen and oxygen atoms in total. The van der Waals surface area contributed by atoms with E-state index in [4.69, 9.17) is 9.47 Å². The molecule has 4 heteroatoms. The van der Waals surface area contributed by atoms with Crippen LogP contribution in [0.2, 0.25) is 0 Å². The Morgan fingerprint density at radius 1 is 1.10 bits per heavy atom. The Hall–Kier alpha value is -2.07. The number of benzene rings is 2. The molecule has 0 amide bonds. The molecule has 0 bridgehead atoms. The minimum atomic E-state index is -0.246. The predicted octanol–water partition coefficient (Wildman–Crippen LogP) is 2.91. The van der Waals surface area contributed by atoms with Crippen molar-refractivity contribution >= 4 is 0 Å². The van der Waals surface area contributed by atoms with Gasteiger partial charge in [-0.2, -0.15) is 0 Å². The Morgan fingerprint density at radius 3 is 2.70 bits per heavy atom. The van der Waals surface area contributed by atoms with Gasteiger partial charge in [-0.3, -0.25) is 0 Å². The molecule has 1 heterocycles. The smallest absolute Gasteiger partial charge is 0.166 e. The fraction of sp³-hybridized carbons (Fsp3) is 0.250. The molecule has 0 saturated heterocycles. The Bertz CT molecular complexity index is 615. The van der Waals surface area contributed by atoms with E-state index >= 15 is 0 Å². The number of hydrogen-bond acceptors (Lipinski definition) is 3. The van der Waals surface area contributed by atoms with E-state index in [-0.39, 0.29) is 11.9 Å². The van der Waals surface area contributed by atoms with E-state index in [1.54, 1.807) is 6.07 Å². The monoisotopic (exact) mass is 273 g/mol. The van der Waals surface area contributed by atoms with Crippen molar-refractivity contribution in [1.29, 1.82) is 0 Å². The third-order valence-electron chi connectivity index (χ3n) is 3.38. The highest BCUT2D eigenvalue weighted by molar-refractivity contribution is 5.51. The molecule has 1 N–H and O–H groups in total. The van der Waals surface area contributed by atoms with Gasteiger partial charge in [-0.05, 0) is 30.8 Å². The molecular weight excluding hydrogens is 257 g/mol. The van der Waals surface area contributed by atoms with Crippen LogP contribution in [0.3, 0.4) is 0 Å². The number of ether oxygens (including phenoxy) is 2. The highest BCUT2D eigenvalue weighted by Gasteiger charge is 2.22. The van der Waals surface area contributed by atoms with Gasteiger partial charge in [0.05, 0.1) is 6.04 Å². The molecule has 2 aromatic rings. The second-order valence-corrected chi connectivity index (χ2v) is 4.65. The summed E-state index contributed by atoms with van der Waals surface area (Å²) in [5.74, 6) is 1.23. The van der Waals surface area contributed by atoms with Gasteiger partial charge in [0, 0.05) is 5.56 Å². The molecule has 3 rings (SSSR count). The summed E-state index contributed by atoms with van der Waals surface area (Å²) in [7, 11) is 1.85. The number of para-hydroxylation sites is 1. The molecule has 1 unspecified atom stereocenters. The molecule has 0 aromatic heterocycles. The van der Waals surface area contributed by atoms with Crippen LogP contribution >= 0.6 is 0 Å². The average molecular weight is 273 g/mol. The van der Waals surface area contributed by atoms with Crippen LogP contribution in [0, 0.1) is 5.82 Å². The fourth-order valence-corrected chi connectivity index (χ4v) is 2.51. The first-order valence-electron chi connectivity index (χ1n) is 6.61. The summed E-state index contributed by atoms with van der Waals surface area (Å²) in [5, 5.41) is 3.21. The van der Waals surface area contributed by atoms with Crippen LogP contribution in [0.15, 0.2) is 42.5 Å². The Morgan fingerprint density at radius 2 is 1.90 bits per heavy atom. The Labute approximate surface area is 117 Å². The zero-order valence-corrected chi connectivity index (χ0v) is 11.2. The lowest BCUT2D eigenvalue weighted by atomic mass is 9.97. The average Bonchev–Trinajstić information content (AvgIpc) is 2.48. The molecule has 1 aliphatic rings. The second kappa shape index (κ2) is 5.51. The first-order valence-corrected chi connectivity index (χ1v) is 6.61. The van der Waals surface area contributed by atoms with Crippen molar-refractivity contribution in [2.45, 2.75) is 6.04 Å². The van der Waals surface area contributed by atoms with E-state index in [0.29, 0.717) is 13.2 Å². The number of halogens is 1. The summed E-state index contributed by atoms with van der Waals surface area (Å²) in [6.07, 6.45) is 0. The molecule has 0 radical (unpaired) electrons. The summed E-state index contributed by atoms with van der Waals surface area (Å²) in [4.78, 5) is 0. The predicted molar refractivity (Wildman–Crippen MR) is 74.7 cm³/mol. The van der Waals surface area contributed by atoms with Crippen molar-refractivity contribution < 1.29 is 13.9 Å². The lowest BCUT2D eigenvalue weighted by Crippen LogP contribution is -2.22. The summed E-state index contributed by atoms with van der Waals surface area (Å²) < 4.78 is 24.8. The van der Waals surface area contributed by atoms with E-state index in [1.807, 2.05) is 31.3 Å². The highest BCUT2D eigenvalue weighted by Crippen LogP contribution is 2.38. The maximum atomic E-state index is 13.4. The topological polar surface area (TPSA) is 30.5 Å². The van der Waals surface area contributed by atoms with Crippen molar-refractivity contribution in [3.63, 3.8) is 0 Å². The van der Waals surface area contributed by atoms with Crippen LogP contribution in [-0.2, 0) is 0 Å². The van der Waals surface area contributed by atoms with Crippen molar-refractivity contribution in [3.05, 3.63) is 59.4 Å². The highest BCUT2D eigenvalue weighted by atomic mass is 19.1. The first kappa shape index (κ1) is 12.9. The van der Waals surface area contributed by atoms with Crippen molar-refractivity contribution in [1.82, 2.24) is 5.32 Å². The zero-order valence-electron chi connectivity index (χ0n) is 11.2. The van der Waals surface area contributed by atoms with Crippen LogP contribution in [0.25, 0.3) is 0 Å². The Balaban J connectivity index is 2.06. The van der Waals surface area contributed by atoms with Gasteiger partial charge in [-0.15, -0.1) is 0 Å². The van der Waals surface area contributed by atoms with Gasteiger partial charge < -0.3 is 14.8 Å². The molecule has 0 aliphatic carbocycles. The van der Waals surface area contributed by atoms with Crippen LogP contribution < -0.4 is 14.8 Å². The van der Waals surface area contributed by atoms with E-state index in [1.165, 1.54) is 12.1 Å².